The second-order valence-electron chi connectivity index (χ2n) is 4.73. The lowest BCUT2D eigenvalue weighted by molar-refractivity contribution is -0.114. The predicted molar refractivity (Wildman–Crippen MR) is 84.7 cm³/mol. The van der Waals surface area contributed by atoms with E-state index in [9.17, 15) is 9.18 Å². The number of rotatable bonds is 5. The minimum Gasteiger partial charge on any atom is -0.348 e. The van der Waals surface area contributed by atoms with E-state index in [0.717, 1.165) is 0 Å². The molecule has 116 valence electrons. The Hall–Kier alpha value is -2.21. The van der Waals surface area contributed by atoms with Crippen molar-refractivity contribution in [3.8, 4) is 0 Å². The van der Waals surface area contributed by atoms with E-state index < -0.39 is 5.82 Å². The second-order valence-corrected chi connectivity index (χ2v) is 5.16. The van der Waals surface area contributed by atoms with Crippen molar-refractivity contribution in [2.45, 2.75) is 13.3 Å². The molecule has 0 aliphatic rings. The van der Waals surface area contributed by atoms with Gasteiger partial charge in [-0.05, 0) is 24.6 Å². The monoisotopic (exact) mass is 322 g/mol. The summed E-state index contributed by atoms with van der Waals surface area (Å²) in [5.74, 6) is -0.683. The van der Waals surface area contributed by atoms with Gasteiger partial charge >= 0.3 is 0 Å². The molecule has 0 aliphatic heterocycles. The van der Waals surface area contributed by atoms with Crippen molar-refractivity contribution in [1.29, 1.82) is 0 Å². The van der Waals surface area contributed by atoms with Gasteiger partial charge in [0, 0.05) is 17.8 Å². The van der Waals surface area contributed by atoms with Crippen LogP contribution in [-0.4, -0.2) is 29.5 Å². The SMILES string of the molecule is CCc1ncnc(N(C)CC(=O)Nc2cccc(Cl)c2)c1F. The van der Waals surface area contributed by atoms with Gasteiger partial charge in [0.15, 0.2) is 11.6 Å². The maximum absolute atomic E-state index is 14.1. The third-order valence-electron chi connectivity index (χ3n) is 3.03. The van der Waals surface area contributed by atoms with E-state index in [0.29, 0.717) is 22.8 Å². The first-order valence-electron chi connectivity index (χ1n) is 6.77. The van der Waals surface area contributed by atoms with Crippen LogP contribution in [0.1, 0.15) is 12.6 Å². The van der Waals surface area contributed by atoms with Crippen molar-refractivity contribution in [2.75, 3.05) is 23.8 Å². The number of nitrogens with one attached hydrogen (secondary N) is 1. The van der Waals surface area contributed by atoms with Crippen molar-refractivity contribution < 1.29 is 9.18 Å². The van der Waals surface area contributed by atoms with Crippen LogP contribution in [0.4, 0.5) is 15.9 Å². The molecular weight excluding hydrogens is 307 g/mol. The summed E-state index contributed by atoms with van der Waals surface area (Å²) in [7, 11) is 1.60. The number of carbonyl (C=O) groups is 1. The summed E-state index contributed by atoms with van der Waals surface area (Å²) in [4.78, 5) is 21.2. The number of anilines is 2. The van der Waals surface area contributed by atoms with Crippen LogP contribution < -0.4 is 10.2 Å². The average Bonchev–Trinajstić information content (AvgIpc) is 2.47. The highest BCUT2D eigenvalue weighted by molar-refractivity contribution is 6.30. The number of hydrogen-bond acceptors (Lipinski definition) is 4. The van der Waals surface area contributed by atoms with Crippen LogP contribution in [-0.2, 0) is 11.2 Å². The Bertz CT molecular complexity index is 680. The Morgan fingerprint density at radius 2 is 2.18 bits per heavy atom. The van der Waals surface area contributed by atoms with Crippen LogP contribution in [0.2, 0.25) is 5.02 Å². The van der Waals surface area contributed by atoms with Crippen molar-refractivity contribution >= 4 is 29.0 Å². The Morgan fingerprint density at radius 1 is 1.41 bits per heavy atom. The molecule has 0 radical (unpaired) electrons. The Balaban J connectivity index is 2.05. The first kappa shape index (κ1) is 16.2. The number of benzene rings is 1. The van der Waals surface area contributed by atoms with Gasteiger partial charge in [-0.3, -0.25) is 4.79 Å². The molecule has 1 N–H and O–H groups in total. The topological polar surface area (TPSA) is 58.1 Å². The van der Waals surface area contributed by atoms with E-state index in [-0.39, 0.29) is 18.3 Å². The molecule has 0 fully saturated rings. The Labute approximate surface area is 133 Å². The van der Waals surface area contributed by atoms with Crippen LogP contribution in [0.5, 0.6) is 0 Å². The Kier molecular flexibility index (Phi) is 5.27. The zero-order chi connectivity index (χ0) is 16.1. The van der Waals surface area contributed by atoms with Gasteiger partial charge in [0.25, 0.3) is 0 Å². The molecule has 0 saturated carbocycles. The summed E-state index contributed by atoms with van der Waals surface area (Å²) in [5.41, 5.74) is 0.912. The fourth-order valence-electron chi connectivity index (χ4n) is 1.97. The molecule has 7 heteroatoms. The number of amides is 1. The molecule has 1 heterocycles. The normalized spacial score (nSPS) is 10.4. The highest BCUT2D eigenvalue weighted by Crippen LogP contribution is 2.18. The number of halogens is 2. The maximum Gasteiger partial charge on any atom is 0.243 e. The summed E-state index contributed by atoms with van der Waals surface area (Å²) in [6.07, 6.45) is 1.76. The van der Waals surface area contributed by atoms with Crippen molar-refractivity contribution in [2.24, 2.45) is 0 Å². The van der Waals surface area contributed by atoms with Gasteiger partial charge in [-0.25, -0.2) is 14.4 Å². The molecule has 1 aromatic heterocycles. The van der Waals surface area contributed by atoms with Crippen LogP contribution in [0.15, 0.2) is 30.6 Å². The third-order valence-corrected chi connectivity index (χ3v) is 3.26. The number of aromatic nitrogens is 2. The third kappa shape index (κ3) is 3.92. The number of nitrogens with zero attached hydrogens (tertiary/aromatic N) is 3. The lowest BCUT2D eigenvalue weighted by Crippen LogP contribution is -2.31. The minimum absolute atomic E-state index is 0.0381. The van der Waals surface area contributed by atoms with Crippen molar-refractivity contribution in [3.05, 3.63) is 47.1 Å². The smallest absolute Gasteiger partial charge is 0.243 e. The van der Waals surface area contributed by atoms with Gasteiger partial charge in [-0.2, -0.15) is 0 Å². The highest BCUT2D eigenvalue weighted by atomic mass is 35.5. The average molecular weight is 323 g/mol. The molecule has 1 aromatic carbocycles. The van der Waals surface area contributed by atoms with E-state index in [1.165, 1.54) is 11.2 Å². The number of carbonyl (C=O) groups excluding carboxylic acids is 1. The van der Waals surface area contributed by atoms with Crippen molar-refractivity contribution in [3.63, 3.8) is 0 Å². The van der Waals surface area contributed by atoms with Gasteiger partial charge in [0.2, 0.25) is 5.91 Å². The second kappa shape index (κ2) is 7.17. The molecule has 0 bridgehead atoms. The number of aryl methyl sites for hydroxylation is 1. The lowest BCUT2D eigenvalue weighted by Gasteiger charge is -2.18. The van der Waals surface area contributed by atoms with E-state index in [1.54, 1.807) is 38.2 Å². The standard InChI is InChI=1S/C15H16ClFN4O/c1-3-12-14(17)15(19-9-18-12)21(2)8-13(22)20-11-6-4-5-10(16)7-11/h4-7,9H,3,8H2,1-2H3,(H,20,22). The van der Waals surface area contributed by atoms with Crippen LogP contribution >= 0.6 is 11.6 Å². The summed E-state index contributed by atoms with van der Waals surface area (Å²) in [5, 5.41) is 3.23. The van der Waals surface area contributed by atoms with Gasteiger partial charge in [-0.15, -0.1) is 0 Å². The molecule has 0 unspecified atom stereocenters. The quantitative estimate of drug-likeness (QED) is 0.919. The van der Waals surface area contributed by atoms with Crippen LogP contribution in [0.25, 0.3) is 0 Å². The summed E-state index contributed by atoms with van der Waals surface area (Å²) in [6, 6.07) is 6.81. The molecule has 2 rings (SSSR count). The number of likely N-dealkylation sites (N-methyl/N-ethyl adjacent to an activating group) is 1. The molecule has 0 atom stereocenters. The predicted octanol–water partition coefficient (Wildman–Crippen LogP) is 2.91. The van der Waals surface area contributed by atoms with Crippen LogP contribution in [0.3, 0.4) is 0 Å². The van der Waals surface area contributed by atoms with Gasteiger partial charge in [0.05, 0.1) is 12.2 Å². The minimum atomic E-state index is -0.497. The number of hydrogen-bond donors (Lipinski definition) is 1. The van der Waals surface area contributed by atoms with E-state index >= 15 is 0 Å². The fourth-order valence-corrected chi connectivity index (χ4v) is 2.16. The lowest BCUT2D eigenvalue weighted by atomic mass is 10.3. The molecule has 2 aromatic rings. The van der Waals surface area contributed by atoms with E-state index in [1.807, 2.05) is 0 Å². The molecule has 0 spiro atoms. The molecule has 22 heavy (non-hydrogen) atoms. The highest BCUT2D eigenvalue weighted by Gasteiger charge is 2.16. The first-order valence-corrected chi connectivity index (χ1v) is 7.15. The molecule has 1 amide bonds. The molecule has 0 saturated heterocycles. The summed E-state index contributed by atoms with van der Waals surface area (Å²) >= 11 is 5.86. The first-order chi connectivity index (χ1) is 10.5. The molecule has 0 aliphatic carbocycles. The Morgan fingerprint density at radius 3 is 2.86 bits per heavy atom. The summed E-state index contributed by atoms with van der Waals surface area (Å²) < 4.78 is 14.1. The zero-order valence-electron chi connectivity index (χ0n) is 12.3. The van der Waals surface area contributed by atoms with Gasteiger partial charge in [-0.1, -0.05) is 24.6 Å². The van der Waals surface area contributed by atoms with E-state index in [2.05, 4.69) is 15.3 Å². The molecule has 5 nitrogen and oxygen atoms in total. The van der Waals surface area contributed by atoms with E-state index in [4.69, 9.17) is 11.6 Å². The van der Waals surface area contributed by atoms with Crippen molar-refractivity contribution in [1.82, 2.24) is 9.97 Å². The molecular formula is C15H16ClFN4O. The van der Waals surface area contributed by atoms with Gasteiger partial charge < -0.3 is 10.2 Å². The fraction of sp³-hybridized carbons (Fsp3) is 0.267. The van der Waals surface area contributed by atoms with Crippen LogP contribution in [0, 0.1) is 5.82 Å². The maximum atomic E-state index is 14.1. The van der Waals surface area contributed by atoms with Gasteiger partial charge in [0.1, 0.15) is 6.33 Å². The summed E-state index contributed by atoms with van der Waals surface area (Å²) in [6.45, 7) is 1.77. The largest absolute Gasteiger partial charge is 0.348 e. The zero-order valence-corrected chi connectivity index (χ0v) is 13.1.